The summed E-state index contributed by atoms with van der Waals surface area (Å²) in [5, 5.41) is 2.52. The van der Waals surface area contributed by atoms with Crippen molar-refractivity contribution in [2.75, 3.05) is 26.2 Å². The standard InChI is InChI=1S/C19H25NO/c1-16-6-4-11-20(15-16)12-5-13-21-19-10-9-17-7-2-3-8-18(17)14-19/h2-3,7-10,14,16H,4-6,11-13,15H2,1H3/t16-/m0/s1. The van der Waals surface area contributed by atoms with Gasteiger partial charge >= 0.3 is 0 Å². The Morgan fingerprint density at radius 3 is 2.86 bits per heavy atom. The van der Waals surface area contributed by atoms with Crippen molar-refractivity contribution in [3.05, 3.63) is 42.5 Å². The van der Waals surface area contributed by atoms with E-state index in [0.717, 1.165) is 31.2 Å². The molecular formula is C19H25NO. The molecule has 0 aromatic heterocycles. The Kier molecular flexibility index (Phi) is 4.76. The zero-order valence-corrected chi connectivity index (χ0v) is 12.9. The number of fused-ring (bicyclic) bond motifs is 1. The zero-order chi connectivity index (χ0) is 14.5. The van der Waals surface area contributed by atoms with Crippen LogP contribution >= 0.6 is 0 Å². The first-order chi connectivity index (χ1) is 10.3. The van der Waals surface area contributed by atoms with Gasteiger partial charge in [-0.05, 0) is 54.6 Å². The minimum absolute atomic E-state index is 0.809. The summed E-state index contributed by atoms with van der Waals surface area (Å²) in [6.45, 7) is 6.86. The minimum Gasteiger partial charge on any atom is -0.494 e. The van der Waals surface area contributed by atoms with Gasteiger partial charge in [-0.2, -0.15) is 0 Å². The molecule has 2 aromatic rings. The first kappa shape index (κ1) is 14.4. The summed E-state index contributed by atoms with van der Waals surface area (Å²) in [6.07, 6.45) is 3.86. The molecule has 0 saturated carbocycles. The van der Waals surface area contributed by atoms with Crippen molar-refractivity contribution in [2.45, 2.75) is 26.2 Å². The van der Waals surface area contributed by atoms with Crippen LogP contribution in [0, 0.1) is 5.92 Å². The summed E-state index contributed by atoms with van der Waals surface area (Å²) in [5.41, 5.74) is 0. The molecule has 0 amide bonds. The lowest BCUT2D eigenvalue weighted by atomic mass is 10.0. The number of nitrogens with zero attached hydrogens (tertiary/aromatic N) is 1. The summed E-state index contributed by atoms with van der Waals surface area (Å²) in [7, 11) is 0. The maximum absolute atomic E-state index is 5.91. The van der Waals surface area contributed by atoms with Crippen LogP contribution in [0.3, 0.4) is 0 Å². The van der Waals surface area contributed by atoms with Crippen LogP contribution < -0.4 is 4.74 Å². The van der Waals surface area contributed by atoms with Gasteiger partial charge in [0.15, 0.2) is 0 Å². The Hall–Kier alpha value is -1.54. The fourth-order valence-corrected chi connectivity index (χ4v) is 3.23. The van der Waals surface area contributed by atoms with Crippen LogP contribution in [0.4, 0.5) is 0 Å². The van der Waals surface area contributed by atoms with Crippen molar-refractivity contribution in [3.8, 4) is 5.75 Å². The highest BCUT2D eigenvalue weighted by atomic mass is 16.5. The van der Waals surface area contributed by atoms with E-state index in [-0.39, 0.29) is 0 Å². The Labute approximate surface area is 127 Å². The average Bonchev–Trinajstić information content (AvgIpc) is 2.51. The monoisotopic (exact) mass is 283 g/mol. The minimum atomic E-state index is 0.809. The van der Waals surface area contributed by atoms with Crippen molar-refractivity contribution in [1.82, 2.24) is 4.90 Å². The molecule has 0 bridgehead atoms. The number of ether oxygens (including phenoxy) is 1. The Morgan fingerprint density at radius 2 is 2.00 bits per heavy atom. The second-order valence-electron chi connectivity index (χ2n) is 6.26. The summed E-state index contributed by atoms with van der Waals surface area (Å²) < 4.78 is 5.91. The molecule has 0 N–H and O–H groups in total. The van der Waals surface area contributed by atoms with Gasteiger partial charge in [-0.1, -0.05) is 37.3 Å². The fraction of sp³-hybridized carbons (Fsp3) is 0.474. The van der Waals surface area contributed by atoms with Crippen molar-refractivity contribution in [2.24, 2.45) is 5.92 Å². The Bertz CT molecular complexity index is 581. The van der Waals surface area contributed by atoms with E-state index in [1.807, 2.05) is 0 Å². The highest BCUT2D eigenvalue weighted by Crippen LogP contribution is 2.21. The predicted molar refractivity (Wildman–Crippen MR) is 88.9 cm³/mol. The third kappa shape index (κ3) is 3.98. The first-order valence-corrected chi connectivity index (χ1v) is 8.15. The van der Waals surface area contributed by atoms with Gasteiger partial charge in [-0.3, -0.25) is 0 Å². The van der Waals surface area contributed by atoms with Crippen LogP contribution in [0.25, 0.3) is 10.8 Å². The van der Waals surface area contributed by atoms with Crippen molar-refractivity contribution in [1.29, 1.82) is 0 Å². The molecule has 0 aliphatic carbocycles. The lowest BCUT2D eigenvalue weighted by Crippen LogP contribution is -2.35. The van der Waals surface area contributed by atoms with E-state index in [2.05, 4.69) is 54.3 Å². The van der Waals surface area contributed by atoms with Crippen LogP contribution in [0.15, 0.2) is 42.5 Å². The van der Waals surface area contributed by atoms with E-state index < -0.39 is 0 Å². The lowest BCUT2D eigenvalue weighted by molar-refractivity contribution is 0.170. The van der Waals surface area contributed by atoms with Crippen LogP contribution in [0.5, 0.6) is 5.75 Å². The van der Waals surface area contributed by atoms with Gasteiger partial charge in [0.1, 0.15) is 5.75 Å². The van der Waals surface area contributed by atoms with Gasteiger partial charge in [0.2, 0.25) is 0 Å². The molecule has 0 unspecified atom stereocenters. The summed E-state index contributed by atoms with van der Waals surface area (Å²) >= 11 is 0. The van der Waals surface area contributed by atoms with Crippen LogP contribution in [0.2, 0.25) is 0 Å². The second kappa shape index (κ2) is 6.95. The van der Waals surface area contributed by atoms with Gasteiger partial charge in [0, 0.05) is 13.1 Å². The second-order valence-corrected chi connectivity index (χ2v) is 6.26. The number of piperidine rings is 1. The fourth-order valence-electron chi connectivity index (χ4n) is 3.23. The molecule has 2 heteroatoms. The highest BCUT2D eigenvalue weighted by Gasteiger charge is 2.15. The topological polar surface area (TPSA) is 12.5 Å². The lowest BCUT2D eigenvalue weighted by Gasteiger charge is -2.30. The number of benzene rings is 2. The number of likely N-dealkylation sites (tertiary alicyclic amines) is 1. The van der Waals surface area contributed by atoms with Gasteiger partial charge in [0.05, 0.1) is 6.61 Å². The van der Waals surface area contributed by atoms with E-state index >= 15 is 0 Å². The molecule has 1 saturated heterocycles. The Morgan fingerprint density at radius 1 is 1.14 bits per heavy atom. The van der Waals surface area contributed by atoms with E-state index in [4.69, 9.17) is 4.74 Å². The first-order valence-electron chi connectivity index (χ1n) is 8.15. The van der Waals surface area contributed by atoms with E-state index in [1.54, 1.807) is 0 Å². The molecule has 1 aliphatic rings. The van der Waals surface area contributed by atoms with Gasteiger partial charge in [-0.25, -0.2) is 0 Å². The summed E-state index contributed by atoms with van der Waals surface area (Å²) in [4.78, 5) is 2.58. The molecule has 3 rings (SSSR count). The largest absolute Gasteiger partial charge is 0.494 e. The van der Waals surface area contributed by atoms with Crippen molar-refractivity contribution in [3.63, 3.8) is 0 Å². The van der Waals surface area contributed by atoms with E-state index in [0.29, 0.717) is 0 Å². The summed E-state index contributed by atoms with van der Waals surface area (Å²) in [5.74, 6) is 1.85. The number of hydrogen-bond donors (Lipinski definition) is 0. The maximum Gasteiger partial charge on any atom is 0.119 e. The summed E-state index contributed by atoms with van der Waals surface area (Å²) in [6, 6.07) is 14.8. The normalized spacial score (nSPS) is 19.8. The molecule has 0 spiro atoms. The molecule has 21 heavy (non-hydrogen) atoms. The molecule has 1 aliphatic heterocycles. The zero-order valence-electron chi connectivity index (χ0n) is 12.9. The van der Waals surface area contributed by atoms with Gasteiger partial charge < -0.3 is 9.64 Å². The average molecular weight is 283 g/mol. The quantitative estimate of drug-likeness (QED) is 0.757. The molecule has 1 atom stereocenters. The van der Waals surface area contributed by atoms with Crippen LogP contribution in [-0.4, -0.2) is 31.1 Å². The molecule has 1 heterocycles. The molecule has 2 aromatic carbocycles. The van der Waals surface area contributed by atoms with E-state index in [9.17, 15) is 0 Å². The number of hydrogen-bond acceptors (Lipinski definition) is 2. The van der Waals surface area contributed by atoms with Gasteiger partial charge in [0.25, 0.3) is 0 Å². The molecule has 0 radical (unpaired) electrons. The molecular weight excluding hydrogens is 258 g/mol. The van der Waals surface area contributed by atoms with Crippen molar-refractivity contribution < 1.29 is 4.74 Å². The van der Waals surface area contributed by atoms with E-state index in [1.165, 1.54) is 36.7 Å². The van der Waals surface area contributed by atoms with Crippen LogP contribution in [-0.2, 0) is 0 Å². The van der Waals surface area contributed by atoms with Crippen molar-refractivity contribution >= 4 is 10.8 Å². The third-order valence-electron chi connectivity index (χ3n) is 4.35. The Balaban J connectivity index is 1.46. The maximum atomic E-state index is 5.91. The van der Waals surface area contributed by atoms with Gasteiger partial charge in [-0.15, -0.1) is 0 Å². The molecule has 112 valence electrons. The smallest absolute Gasteiger partial charge is 0.119 e. The highest BCUT2D eigenvalue weighted by molar-refractivity contribution is 5.83. The predicted octanol–water partition coefficient (Wildman–Crippen LogP) is 4.34. The SMILES string of the molecule is C[C@H]1CCCN(CCCOc2ccc3ccccc3c2)C1. The van der Waals surface area contributed by atoms with Crippen LogP contribution in [0.1, 0.15) is 26.2 Å². The molecule has 1 fully saturated rings. The molecule has 2 nitrogen and oxygen atoms in total. The number of rotatable bonds is 5. The third-order valence-corrected chi connectivity index (χ3v) is 4.35.